The van der Waals surface area contributed by atoms with Gasteiger partial charge < -0.3 is 9.73 Å². The minimum atomic E-state index is -0.475. The first-order chi connectivity index (χ1) is 8.65. The van der Waals surface area contributed by atoms with Crippen LogP contribution in [0.4, 0.5) is 11.5 Å². The summed E-state index contributed by atoms with van der Waals surface area (Å²) < 4.78 is 6.04. The molecule has 0 amide bonds. The van der Waals surface area contributed by atoms with Crippen LogP contribution in [0.2, 0.25) is 0 Å². The van der Waals surface area contributed by atoms with E-state index in [1.54, 1.807) is 6.07 Å². The molecule has 2 rings (SSSR count). The molecule has 0 aliphatic carbocycles. The number of halogens is 1. The average molecular weight is 312 g/mol. The summed E-state index contributed by atoms with van der Waals surface area (Å²) in [6, 6.07) is 6.71. The summed E-state index contributed by atoms with van der Waals surface area (Å²) in [5.41, 5.74) is -0.0180. The Bertz CT molecular complexity index is 539. The lowest BCUT2D eigenvalue weighted by atomic mass is 10.3. The molecule has 0 aliphatic heterocycles. The zero-order chi connectivity index (χ0) is 13.0. The standard InChI is InChI=1S/C11H10BrN3O3/c12-10-3-2-9(18-10)5-6-13-11-4-1-8(7-14-11)15(16)17/h1-4,7H,5-6H2,(H,13,14). The van der Waals surface area contributed by atoms with Gasteiger partial charge >= 0.3 is 0 Å². The van der Waals surface area contributed by atoms with Gasteiger partial charge in [0.2, 0.25) is 0 Å². The first kappa shape index (κ1) is 12.6. The number of nitro groups is 1. The fourth-order valence-corrected chi connectivity index (χ4v) is 1.74. The molecule has 94 valence electrons. The maximum atomic E-state index is 10.4. The van der Waals surface area contributed by atoms with Crippen molar-refractivity contribution in [2.75, 3.05) is 11.9 Å². The van der Waals surface area contributed by atoms with Crippen LogP contribution in [0, 0.1) is 10.1 Å². The highest BCUT2D eigenvalue weighted by Gasteiger charge is 2.05. The predicted octanol–water partition coefficient (Wildman–Crippen LogP) is 3.00. The largest absolute Gasteiger partial charge is 0.454 e. The summed E-state index contributed by atoms with van der Waals surface area (Å²) in [7, 11) is 0. The molecule has 0 radical (unpaired) electrons. The number of anilines is 1. The van der Waals surface area contributed by atoms with Gasteiger partial charge in [0.25, 0.3) is 5.69 Å². The zero-order valence-corrected chi connectivity index (χ0v) is 10.9. The molecule has 2 aromatic heterocycles. The second-order valence-corrected chi connectivity index (χ2v) is 4.32. The van der Waals surface area contributed by atoms with Gasteiger partial charge in [0.1, 0.15) is 17.8 Å². The van der Waals surface area contributed by atoms with Gasteiger partial charge in [-0.05, 0) is 34.1 Å². The normalized spacial score (nSPS) is 10.3. The van der Waals surface area contributed by atoms with Crippen LogP contribution in [0.15, 0.2) is 39.5 Å². The second-order valence-electron chi connectivity index (χ2n) is 3.54. The summed E-state index contributed by atoms with van der Waals surface area (Å²) in [5, 5.41) is 13.5. The predicted molar refractivity (Wildman–Crippen MR) is 69.5 cm³/mol. The molecule has 0 aromatic carbocycles. The van der Waals surface area contributed by atoms with Crippen LogP contribution < -0.4 is 5.32 Å². The molecule has 1 N–H and O–H groups in total. The molecule has 0 saturated heterocycles. The van der Waals surface area contributed by atoms with E-state index >= 15 is 0 Å². The number of hydrogen-bond donors (Lipinski definition) is 1. The van der Waals surface area contributed by atoms with Gasteiger partial charge in [0.15, 0.2) is 4.67 Å². The molecule has 2 heterocycles. The van der Waals surface area contributed by atoms with E-state index in [0.717, 1.165) is 5.76 Å². The smallest absolute Gasteiger partial charge is 0.287 e. The van der Waals surface area contributed by atoms with Crippen molar-refractivity contribution in [1.82, 2.24) is 4.98 Å². The van der Waals surface area contributed by atoms with E-state index in [0.29, 0.717) is 23.5 Å². The third-order valence-electron chi connectivity index (χ3n) is 2.27. The monoisotopic (exact) mass is 311 g/mol. The quantitative estimate of drug-likeness (QED) is 0.678. The molecular formula is C11H10BrN3O3. The zero-order valence-electron chi connectivity index (χ0n) is 9.30. The van der Waals surface area contributed by atoms with Crippen molar-refractivity contribution >= 4 is 27.4 Å². The maximum Gasteiger partial charge on any atom is 0.287 e. The minimum absolute atomic E-state index is 0.0180. The topological polar surface area (TPSA) is 81.2 Å². The molecule has 7 heteroatoms. The number of nitrogens with one attached hydrogen (secondary N) is 1. The Kier molecular flexibility index (Phi) is 3.93. The average Bonchev–Trinajstić information content (AvgIpc) is 2.76. The van der Waals surface area contributed by atoms with Gasteiger partial charge in [-0.3, -0.25) is 10.1 Å². The summed E-state index contributed by atoms with van der Waals surface area (Å²) in [6.45, 7) is 0.644. The number of rotatable bonds is 5. The number of nitrogens with zero attached hydrogens (tertiary/aromatic N) is 2. The van der Waals surface area contributed by atoms with Crippen LogP contribution in [-0.4, -0.2) is 16.5 Å². The lowest BCUT2D eigenvalue weighted by molar-refractivity contribution is -0.385. The number of pyridine rings is 1. The van der Waals surface area contributed by atoms with Crippen molar-refractivity contribution in [3.8, 4) is 0 Å². The number of furan rings is 1. The Labute approximate surface area is 111 Å². The molecule has 0 fully saturated rings. The van der Waals surface area contributed by atoms with Crippen molar-refractivity contribution in [3.63, 3.8) is 0 Å². The van der Waals surface area contributed by atoms with E-state index < -0.39 is 4.92 Å². The first-order valence-corrected chi connectivity index (χ1v) is 6.03. The van der Waals surface area contributed by atoms with E-state index in [9.17, 15) is 10.1 Å². The third-order valence-corrected chi connectivity index (χ3v) is 2.69. The van der Waals surface area contributed by atoms with Crippen LogP contribution in [-0.2, 0) is 6.42 Å². The fourth-order valence-electron chi connectivity index (χ4n) is 1.40. The van der Waals surface area contributed by atoms with Crippen LogP contribution in [0.25, 0.3) is 0 Å². The highest BCUT2D eigenvalue weighted by atomic mass is 79.9. The first-order valence-electron chi connectivity index (χ1n) is 5.23. The van der Waals surface area contributed by atoms with Crippen LogP contribution in [0.1, 0.15) is 5.76 Å². The van der Waals surface area contributed by atoms with Crippen molar-refractivity contribution in [3.05, 3.63) is 51.0 Å². The van der Waals surface area contributed by atoms with Crippen molar-refractivity contribution in [2.24, 2.45) is 0 Å². The lowest BCUT2D eigenvalue weighted by Gasteiger charge is -2.03. The van der Waals surface area contributed by atoms with Crippen molar-refractivity contribution in [2.45, 2.75) is 6.42 Å². The molecule has 0 aliphatic rings. The van der Waals surface area contributed by atoms with Crippen LogP contribution >= 0.6 is 15.9 Å². The Morgan fingerprint density at radius 3 is 2.78 bits per heavy atom. The van der Waals surface area contributed by atoms with Gasteiger partial charge in [0.05, 0.1) is 4.92 Å². The third kappa shape index (κ3) is 3.30. The van der Waals surface area contributed by atoms with Crippen LogP contribution in [0.5, 0.6) is 0 Å². The molecule has 2 aromatic rings. The molecule has 0 atom stereocenters. The molecule has 0 saturated carbocycles. The summed E-state index contributed by atoms with van der Waals surface area (Å²) in [4.78, 5) is 13.9. The highest BCUT2D eigenvalue weighted by molar-refractivity contribution is 9.10. The van der Waals surface area contributed by atoms with E-state index in [1.165, 1.54) is 12.3 Å². The van der Waals surface area contributed by atoms with Crippen molar-refractivity contribution in [1.29, 1.82) is 0 Å². The van der Waals surface area contributed by atoms with Gasteiger partial charge in [-0.1, -0.05) is 0 Å². The molecule has 18 heavy (non-hydrogen) atoms. The Morgan fingerprint density at radius 2 is 2.22 bits per heavy atom. The lowest BCUT2D eigenvalue weighted by Crippen LogP contribution is -2.05. The van der Waals surface area contributed by atoms with E-state index in [2.05, 4.69) is 26.2 Å². The molecular weight excluding hydrogens is 302 g/mol. The minimum Gasteiger partial charge on any atom is -0.454 e. The number of aromatic nitrogens is 1. The van der Waals surface area contributed by atoms with Crippen molar-refractivity contribution < 1.29 is 9.34 Å². The van der Waals surface area contributed by atoms with Gasteiger partial charge in [0, 0.05) is 19.0 Å². The Morgan fingerprint density at radius 1 is 1.39 bits per heavy atom. The van der Waals surface area contributed by atoms with Gasteiger partial charge in [-0.15, -0.1) is 0 Å². The molecule has 0 spiro atoms. The maximum absolute atomic E-state index is 10.4. The molecule has 0 bridgehead atoms. The summed E-state index contributed by atoms with van der Waals surface area (Å²) in [5.74, 6) is 1.46. The highest BCUT2D eigenvalue weighted by Crippen LogP contribution is 2.15. The van der Waals surface area contributed by atoms with Gasteiger partial charge in [-0.2, -0.15) is 0 Å². The van der Waals surface area contributed by atoms with E-state index in [1.807, 2.05) is 12.1 Å². The summed E-state index contributed by atoms with van der Waals surface area (Å²) in [6.07, 6.45) is 1.94. The number of hydrogen-bond acceptors (Lipinski definition) is 5. The Hall–Kier alpha value is -1.89. The molecule has 0 unspecified atom stereocenters. The van der Waals surface area contributed by atoms with Crippen LogP contribution in [0.3, 0.4) is 0 Å². The SMILES string of the molecule is O=[N+]([O-])c1ccc(NCCc2ccc(Br)o2)nc1. The molecule has 6 nitrogen and oxygen atoms in total. The second kappa shape index (κ2) is 5.63. The van der Waals surface area contributed by atoms with E-state index in [4.69, 9.17) is 4.42 Å². The Balaban J connectivity index is 1.85. The summed E-state index contributed by atoms with van der Waals surface area (Å²) >= 11 is 3.23. The van der Waals surface area contributed by atoms with Gasteiger partial charge in [-0.25, -0.2) is 4.98 Å². The van der Waals surface area contributed by atoms with E-state index in [-0.39, 0.29) is 5.69 Å². The fraction of sp³-hybridized carbons (Fsp3) is 0.182.